The second-order valence-corrected chi connectivity index (χ2v) is 11.4. The van der Waals surface area contributed by atoms with Crippen LogP contribution in [0, 0.1) is 5.82 Å². The van der Waals surface area contributed by atoms with Crippen molar-refractivity contribution >= 4 is 31.6 Å². The van der Waals surface area contributed by atoms with Crippen LogP contribution in [0.1, 0.15) is 0 Å². The zero-order valence-electron chi connectivity index (χ0n) is 17.9. The van der Waals surface area contributed by atoms with Gasteiger partial charge in [0.05, 0.1) is 9.79 Å². The second-order valence-electron chi connectivity index (χ2n) is 7.62. The minimum atomic E-state index is -4.11. The van der Waals surface area contributed by atoms with Gasteiger partial charge in [-0.3, -0.25) is 4.79 Å². The van der Waals surface area contributed by atoms with Gasteiger partial charge < -0.3 is 5.32 Å². The number of halogens is 1. The third-order valence-corrected chi connectivity index (χ3v) is 9.22. The number of piperazine rings is 1. The number of sulfonamides is 2. The molecule has 1 amide bonds. The summed E-state index contributed by atoms with van der Waals surface area (Å²) in [6.07, 6.45) is 0. The summed E-state index contributed by atoms with van der Waals surface area (Å²) in [5, 5.41) is 2.51. The first-order valence-electron chi connectivity index (χ1n) is 10.4. The first-order valence-corrected chi connectivity index (χ1v) is 13.3. The third kappa shape index (κ3) is 4.87. The number of amides is 1. The predicted molar refractivity (Wildman–Crippen MR) is 124 cm³/mol. The monoisotopic (exact) mass is 503 g/mol. The van der Waals surface area contributed by atoms with Gasteiger partial charge in [-0.15, -0.1) is 0 Å². The molecule has 8 nitrogen and oxygen atoms in total. The number of hydrogen-bond donors (Lipinski definition) is 1. The lowest BCUT2D eigenvalue weighted by Crippen LogP contribution is -2.60. The van der Waals surface area contributed by atoms with Crippen LogP contribution in [-0.2, 0) is 24.8 Å². The molecule has 11 heteroatoms. The summed E-state index contributed by atoms with van der Waals surface area (Å²) in [5.41, 5.74) is 0.130. The van der Waals surface area contributed by atoms with Gasteiger partial charge in [0.15, 0.2) is 0 Å². The summed E-state index contributed by atoms with van der Waals surface area (Å²) in [6, 6.07) is 19.1. The topological polar surface area (TPSA) is 104 Å². The number of hydrogen-bond acceptors (Lipinski definition) is 5. The van der Waals surface area contributed by atoms with Crippen LogP contribution in [0.2, 0.25) is 0 Å². The summed E-state index contributed by atoms with van der Waals surface area (Å²) in [7, 11) is -8.08. The highest BCUT2D eigenvalue weighted by molar-refractivity contribution is 7.89. The largest absolute Gasteiger partial charge is 0.325 e. The van der Waals surface area contributed by atoms with Crippen molar-refractivity contribution < 1.29 is 26.0 Å². The van der Waals surface area contributed by atoms with E-state index in [1.54, 1.807) is 36.4 Å². The molecule has 1 saturated heterocycles. The zero-order chi connectivity index (χ0) is 24.3. The number of rotatable bonds is 6. The van der Waals surface area contributed by atoms with E-state index < -0.39 is 44.4 Å². The van der Waals surface area contributed by atoms with Crippen LogP contribution < -0.4 is 5.32 Å². The van der Waals surface area contributed by atoms with Gasteiger partial charge in [0.25, 0.3) is 0 Å². The van der Waals surface area contributed by atoms with Crippen molar-refractivity contribution in [2.24, 2.45) is 0 Å². The maximum atomic E-state index is 13.6. The number of benzene rings is 3. The molecule has 0 spiro atoms. The number of carbonyl (C=O) groups excluding carboxylic acids is 1. The standard InChI is InChI=1S/C23H22FN3O5S2/c24-18-8-7-9-19(16-18)25-23(28)22-17-26(33(29,30)20-10-3-1-4-11-20)14-15-27(22)34(31,32)21-12-5-2-6-13-21/h1-13,16,22H,14-15,17H2,(H,25,28)/t22-/m0/s1. The van der Waals surface area contributed by atoms with E-state index in [0.29, 0.717) is 0 Å². The molecule has 3 aromatic carbocycles. The molecule has 0 aromatic heterocycles. The molecular formula is C23H22FN3O5S2. The molecule has 0 radical (unpaired) electrons. The number of anilines is 1. The normalized spacial score (nSPS) is 17.9. The summed E-state index contributed by atoms with van der Waals surface area (Å²) >= 11 is 0. The summed E-state index contributed by atoms with van der Waals surface area (Å²) in [5.74, 6) is -1.35. The van der Waals surface area contributed by atoms with Crippen LogP contribution in [0.4, 0.5) is 10.1 Å². The molecule has 1 fully saturated rings. The molecule has 4 rings (SSSR count). The molecule has 1 aliphatic rings. The highest BCUT2D eigenvalue weighted by Crippen LogP contribution is 2.26. The van der Waals surface area contributed by atoms with Gasteiger partial charge in [-0.05, 0) is 42.5 Å². The Morgan fingerprint density at radius 3 is 1.97 bits per heavy atom. The highest BCUT2D eigenvalue weighted by atomic mass is 32.2. The average molecular weight is 504 g/mol. The summed E-state index contributed by atoms with van der Waals surface area (Å²) in [4.78, 5) is 13.2. The van der Waals surface area contributed by atoms with Crippen LogP contribution in [0.5, 0.6) is 0 Å². The SMILES string of the molecule is O=C(Nc1cccc(F)c1)[C@@H]1CN(S(=O)(=O)c2ccccc2)CCN1S(=O)(=O)c1ccccc1. The van der Waals surface area contributed by atoms with E-state index in [9.17, 15) is 26.0 Å². The average Bonchev–Trinajstić information content (AvgIpc) is 2.84. The number of carbonyl (C=O) groups is 1. The Balaban J connectivity index is 1.69. The van der Waals surface area contributed by atoms with Crippen LogP contribution in [0.15, 0.2) is 94.7 Å². The van der Waals surface area contributed by atoms with Crippen molar-refractivity contribution in [2.45, 2.75) is 15.8 Å². The molecule has 0 unspecified atom stereocenters. The quantitative estimate of drug-likeness (QED) is 0.557. The van der Waals surface area contributed by atoms with E-state index in [4.69, 9.17) is 0 Å². The van der Waals surface area contributed by atoms with Crippen LogP contribution in [0.25, 0.3) is 0 Å². The number of nitrogens with zero attached hydrogens (tertiary/aromatic N) is 2. The van der Waals surface area contributed by atoms with E-state index in [-0.39, 0.29) is 28.6 Å². The van der Waals surface area contributed by atoms with E-state index in [2.05, 4.69) is 5.32 Å². The molecule has 1 N–H and O–H groups in total. The Morgan fingerprint density at radius 2 is 1.38 bits per heavy atom. The van der Waals surface area contributed by atoms with Crippen molar-refractivity contribution in [1.29, 1.82) is 0 Å². The molecule has 3 aromatic rings. The van der Waals surface area contributed by atoms with Crippen molar-refractivity contribution in [3.8, 4) is 0 Å². The van der Waals surface area contributed by atoms with Crippen LogP contribution in [-0.4, -0.2) is 57.0 Å². The smallest absolute Gasteiger partial charge is 0.244 e. The zero-order valence-corrected chi connectivity index (χ0v) is 19.5. The first kappa shape index (κ1) is 24.0. The summed E-state index contributed by atoms with van der Waals surface area (Å²) < 4.78 is 68.7. The van der Waals surface area contributed by atoms with Crippen molar-refractivity contribution in [2.75, 3.05) is 25.0 Å². The van der Waals surface area contributed by atoms with E-state index in [0.717, 1.165) is 14.7 Å². The van der Waals surface area contributed by atoms with Gasteiger partial charge >= 0.3 is 0 Å². The van der Waals surface area contributed by atoms with Gasteiger partial charge in [0, 0.05) is 25.3 Å². The molecule has 1 aliphatic heterocycles. The third-order valence-electron chi connectivity index (χ3n) is 5.42. The lowest BCUT2D eigenvalue weighted by Gasteiger charge is -2.38. The molecule has 34 heavy (non-hydrogen) atoms. The lowest BCUT2D eigenvalue weighted by atomic mass is 10.2. The Kier molecular flexibility index (Phi) is 6.80. The van der Waals surface area contributed by atoms with Crippen LogP contribution >= 0.6 is 0 Å². The van der Waals surface area contributed by atoms with Crippen LogP contribution in [0.3, 0.4) is 0 Å². The minimum absolute atomic E-state index is 0.0158. The molecule has 0 aliphatic carbocycles. The minimum Gasteiger partial charge on any atom is -0.325 e. The van der Waals surface area contributed by atoms with Gasteiger partial charge in [-0.2, -0.15) is 8.61 Å². The van der Waals surface area contributed by atoms with Gasteiger partial charge in [0.2, 0.25) is 26.0 Å². The van der Waals surface area contributed by atoms with E-state index >= 15 is 0 Å². The predicted octanol–water partition coefficient (Wildman–Crippen LogP) is 2.53. The Hall–Kier alpha value is -3.12. The molecule has 0 saturated carbocycles. The Bertz CT molecular complexity index is 1380. The molecule has 0 bridgehead atoms. The van der Waals surface area contributed by atoms with Gasteiger partial charge in [-0.1, -0.05) is 42.5 Å². The van der Waals surface area contributed by atoms with Gasteiger partial charge in [0.1, 0.15) is 11.9 Å². The number of nitrogens with one attached hydrogen (secondary N) is 1. The van der Waals surface area contributed by atoms with Crippen molar-refractivity contribution in [1.82, 2.24) is 8.61 Å². The fourth-order valence-corrected chi connectivity index (χ4v) is 6.77. The Morgan fingerprint density at radius 1 is 0.794 bits per heavy atom. The molecule has 1 atom stereocenters. The lowest BCUT2D eigenvalue weighted by molar-refractivity contribution is -0.120. The van der Waals surface area contributed by atoms with Gasteiger partial charge in [-0.25, -0.2) is 21.2 Å². The molecule has 1 heterocycles. The van der Waals surface area contributed by atoms with E-state index in [1.165, 1.54) is 42.5 Å². The highest BCUT2D eigenvalue weighted by Gasteiger charge is 2.43. The maximum absolute atomic E-state index is 13.6. The summed E-state index contributed by atoms with van der Waals surface area (Å²) in [6.45, 7) is -0.762. The van der Waals surface area contributed by atoms with E-state index in [1.807, 2.05) is 0 Å². The fourth-order valence-electron chi connectivity index (χ4n) is 3.72. The second kappa shape index (κ2) is 9.63. The van der Waals surface area contributed by atoms with Crippen molar-refractivity contribution in [3.63, 3.8) is 0 Å². The molecular weight excluding hydrogens is 481 g/mol. The molecule has 178 valence electrons. The maximum Gasteiger partial charge on any atom is 0.244 e. The fraction of sp³-hybridized carbons (Fsp3) is 0.174. The Labute approximate surface area is 197 Å². The van der Waals surface area contributed by atoms with Crippen molar-refractivity contribution in [3.05, 3.63) is 90.7 Å². The first-order chi connectivity index (χ1) is 16.2.